The maximum Gasteiger partial charge on any atom is 0.472 e. The molecule has 2 atom stereocenters. The SMILES string of the molecule is CC/C=C\C/C=C\C/C=C\C/C=C\C/C=C\C/C=C\C/C=C\C/C=C\CCCCCCCCC(=O)OC(COC(=O)CCCCCC/C=C\C/C=C\C/C=C\C/C=C\CC)COP(=O)(O)OCCN. The number of carbonyl (C=O) groups excluding carboxylic acids is 2. The van der Waals surface area contributed by atoms with Gasteiger partial charge in [0, 0.05) is 19.4 Å². The van der Waals surface area contributed by atoms with Gasteiger partial charge in [-0.1, -0.05) is 198 Å². The van der Waals surface area contributed by atoms with Crippen molar-refractivity contribution in [1.29, 1.82) is 0 Å². The molecular formula is C59H94NO8P. The number of phosphoric acid groups is 1. The lowest BCUT2D eigenvalue weighted by Gasteiger charge is -2.19. The summed E-state index contributed by atoms with van der Waals surface area (Å²) in [5, 5.41) is 0. The number of hydrogen-bond donors (Lipinski definition) is 2. The van der Waals surface area contributed by atoms with Crippen LogP contribution in [0.5, 0.6) is 0 Å². The van der Waals surface area contributed by atoms with E-state index in [9.17, 15) is 19.0 Å². The fourth-order valence-corrected chi connectivity index (χ4v) is 7.17. The molecule has 0 aliphatic heterocycles. The Morgan fingerprint density at radius 2 is 0.754 bits per heavy atom. The number of nitrogens with two attached hydrogens (primary N) is 1. The minimum Gasteiger partial charge on any atom is -0.462 e. The van der Waals surface area contributed by atoms with Crippen molar-refractivity contribution in [2.75, 3.05) is 26.4 Å². The summed E-state index contributed by atoms with van der Waals surface area (Å²) >= 11 is 0. The number of ether oxygens (including phenoxy) is 2. The first-order valence-electron chi connectivity index (χ1n) is 26.3. The lowest BCUT2D eigenvalue weighted by molar-refractivity contribution is -0.161. The molecule has 0 aliphatic carbocycles. The van der Waals surface area contributed by atoms with E-state index in [0.717, 1.165) is 141 Å². The molecule has 10 heteroatoms. The number of allylic oxidation sites excluding steroid dienone is 24. The van der Waals surface area contributed by atoms with Crippen LogP contribution in [0.25, 0.3) is 0 Å². The monoisotopic (exact) mass is 976 g/mol. The molecule has 9 nitrogen and oxygen atoms in total. The van der Waals surface area contributed by atoms with E-state index >= 15 is 0 Å². The predicted molar refractivity (Wildman–Crippen MR) is 293 cm³/mol. The van der Waals surface area contributed by atoms with Crippen LogP contribution >= 0.6 is 7.82 Å². The Morgan fingerprint density at radius 1 is 0.435 bits per heavy atom. The maximum atomic E-state index is 12.7. The molecule has 69 heavy (non-hydrogen) atoms. The van der Waals surface area contributed by atoms with Gasteiger partial charge in [-0.15, -0.1) is 0 Å². The van der Waals surface area contributed by atoms with Crippen LogP contribution in [0.1, 0.15) is 181 Å². The Balaban J connectivity index is 4.14. The van der Waals surface area contributed by atoms with E-state index in [2.05, 4.69) is 160 Å². The fraction of sp³-hybridized carbons (Fsp3) is 0.559. The standard InChI is InChI=1S/C59H94NO8P/c1-3-5-7-9-11-13-15-17-19-21-22-23-24-25-26-27-28-29-30-31-32-33-34-36-38-40-42-44-46-48-50-52-59(62)68-57(56-67-69(63,64)66-54-53-60)55-65-58(61)51-49-47-45-43-41-39-37-35-20-18-16-14-12-10-8-6-4-2/h5-8,11-14,17-20,22-23,25-26,28-29,31-32,34,36-37,39,57H,3-4,9-10,15-16,21,24,27,30,33,35,38,40-56,60H2,1-2H3,(H,63,64)/b7-5-,8-6-,13-11-,14-12-,19-17-,20-18-,23-22-,26-25-,29-28-,32-31-,36-34-,39-37-. The summed E-state index contributed by atoms with van der Waals surface area (Å²) in [6, 6.07) is 0. The van der Waals surface area contributed by atoms with Crippen molar-refractivity contribution in [3.63, 3.8) is 0 Å². The van der Waals surface area contributed by atoms with Crippen LogP contribution in [0.3, 0.4) is 0 Å². The Hall–Kier alpha value is -4.11. The number of unbranched alkanes of at least 4 members (excludes halogenated alkanes) is 10. The minimum absolute atomic E-state index is 0.0382. The lowest BCUT2D eigenvalue weighted by Crippen LogP contribution is -2.29. The van der Waals surface area contributed by atoms with Crippen molar-refractivity contribution in [3.8, 4) is 0 Å². The molecule has 0 fully saturated rings. The molecule has 0 aromatic rings. The van der Waals surface area contributed by atoms with Gasteiger partial charge in [0.1, 0.15) is 6.61 Å². The smallest absolute Gasteiger partial charge is 0.462 e. The van der Waals surface area contributed by atoms with Gasteiger partial charge in [0.25, 0.3) is 0 Å². The second kappa shape index (κ2) is 53.2. The maximum absolute atomic E-state index is 12.7. The highest BCUT2D eigenvalue weighted by molar-refractivity contribution is 7.47. The molecule has 0 aromatic heterocycles. The summed E-state index contributed by atoms with van der Waals surface area (Å²) in [7, 11) is -4.41. The van der Waals surface area contributed by atoms with Gasteiger partial charge in [0.05, 0.1) is 13.2 Å². The summed E-state index contributed by atoms with van der Waals surface area (Å²) < 4.78 is 32.9. The molecule has 388 valence electrons. The van der Waals surface area contributed by atoms with Gasteiger partial charge in [-0.05, 0) is 116 Å². The summed E-state index contributed by atoms with van der Waals surface area (Å²) in [5.74, 6) is -0.887. The first-order chi connectivity index (χ1) is 33.8. The van der Waals surface area contributed by atoms with Crippen LogP contribution in [0.15, 0.2) is 146 Å². The van der Waals surface area contributed by atoms with Crippen LogP contribution in [-0.2, 0) is 32.7 Å². The zero-order valence-corrected chi connectivity index (χ0v) is 43.9. The van der Waals surface area contributed by atoms with Crippen LogP contribution < -0.4 is 5.73 Å². The van der Waals surface area contributed by atoms with E-state index in [1.165, 1.54) is 0 Å². The molecule has 2 unspecified atom stereocenters. The summed E-state index contributed by atoms with van der Waals surface area (Å²) in [4.78, 5) is 35.1. The summed E-state index contributed by atoms with van der Waals surface area (Å²) in [6.45, 7) is 3.43. The molecule has 0 amide bonds. The molecular weight excluding hydrogens is 882 g/mol. The highest BCUT2D eigenvalue weighted by atomic mass is 31.2. The molecule has 0 radical (unpaired) electrons. The van der Waals surface area contributed by atoms with Gasteiger partial charge in [-0.3, -0.25) is 18.6 Å². The third-order valence-electron chi connectivity index (χ3n) is 10.2. The molecule has 0 aromatic carbocycles. The van der Waals surface area contributed by atoms with Crippen molar-refractivity contribution < 1.29 is 37.6 Å². The lowest BCUT2D eigenvalue weighted by atomic mass is 10.1. The molecule has 0 saturated heterocycles. The first kappa shape index (κ1) is 64.9. The van der Waals surface area contributed by atoms with Gasteiger partial charge < -0.3 is 20.1 Å². The van der Waals surface area contributed by atoms with Gasteiger partial charge in [0.2, 0.25) is 0 Å². The molecule has 0 aliphatic rings. The Labute approximate surface area is 420 Å². The van der Waals surface area contributed by atoms with E-state index in [1.54, 1.807) is 0 Å². The van der Waals surface area contributed by atoms with Gasteiger partial charge in [0.15, 0.2) is 6.10 Å². The molecule has 0 bridgehead atoms. The zero-order chi connectivity index (χ0) is 50.2. The third-order valence-corrected chi connectivity index (χ3v) is 11.2. The quantitative estimate of drug-likeness (QED) is 0.0264. The van der Waals surface area contributed by atoms with Crippen LogP contribution in [0.2, 0.25) is 0 Å². The van der Waals surface area contributed by atoms with Gasteiger partial charge in [-0.2, -0.15) is 0 Å². The van der Waals surface area contributed by atoms with Crippen molar-refractivity contribution >= 4 is 19.8 Å². The van der Waals surface area contributed by atoms with E-state index < -0.39 is 32.5 Å². The topological polar surface area (TPSA) is 134 Å². The molecule has 0 heterocycles. The Kier molecular flexibility index (Phi) is 50.1. The molecule has 0 rings (SSSR count). The van der Waals surface area contributed by atoms with E-state index in [4.69, 9.17) is 24.3 Å². The number of rotatable bonds is 47. The van der Waals surface area contributed by atoms with E-state index in [-0.39, 0.29) is 32.6 Å². The van der Waals surface area contributed by atoms with E-state index in [1.807, 2.05) is 0 Å². The average molecular weight is 976 g/mol. The summed E-state index contributed by atoms with van der Waals surface area (Å²) in [6.07, 6.45) is 76.0. The average Bonchev–Trinajstić information content (AvgIpc) is 3.34. The Bertz CT molecular complexity index is 1630. The molecule has 0 saturated carbocycles. The minimum atomic E-state index is -4.41. The number of phosphoric ester groups is 1. The van der Waals surface area contributed by atoms with E-state index in [0.29, 0.717) is 12.8 Å². The van der Waals surface area contributed by atoms with Crippen LogP contribution in [0.4, 0.5) is 0 Å². The van der Waals surface area contributed by atoms with Crippen molar-refractivity contribution in [2.45, 2.75) is 187 Å². The van der Waals surface area contributed by atoms with Crippen molar-refractivity contribution in [3.05, 3.63) is 146 Å². The number of hydrogen-bond acceptors (Lipinski definition) is 8. The van der Waals surface area contributed by atoms with Gasteiger partial charge in [-0.25, -0.2) is 4.57 Å². The number of carbonyl (C=O) groups is 2. The number of esters is 2. The first-order valence-corrected chi connectivity index (χ1v) is 27.8. The molecule has 0 spiro atoms. The molecule has 3 N–H and O–H groups in total. The van der Waals surface area contributed by atoms with Crippen LogP contribution in [-0.4, -0.2) is 49.3 Å². The van der Waals surface area contributed by atoms with Crippen molar-refractivity contribution in [2.24, 2.45) is 5.73 Å². The van der Waals surface area contributed by atoms with Crippen LogP contribution in [0, 0.1) is 0 Å². The van der Waals surface area contributed by atoms with Gasteiger partial charge >= 0.3 is 19.8 Å². The van der Waals surface area contributed by atoms with Crippen molar-refractivity contribution in [1.82, 2.24) is 0 Å². The zero-order valence-electron chi connectivity index (χ0n) is 43.0. The third kappa shape index (κ3) is 53.1. The second-order valence-corrected chi connectivity index (χ2v) is 18.1. The second-order valence-electron chi connectivity index (χ2n) is 16.6. The predicted octanol–water partition coefficient (Wildman–Crippen LogP) is 16.4. The Morgan fingerprint density at radius 3 is 1.12 bits per heavy atom. The largest absolute Gasteiger partial charge is 0.472 e. The highest BCUT2D eigenvalue weighted by Crippen LogP contribution is 2.43. The summed E-state index contributed by atoms with van der Waals surface area (Å²) in [5.41, 5.74) is 5.36. The fourth-order valence-electron chi connectivity index (χ4n) is 6.40. The normalized spacial score (nSPS) is 14.3. The highest BCUT2D eigenvalue weighted by Gasteiger charge is 2.26.